The van der Waals surface area contributed by atoms with Crippen LogP contribution in [0.5, 0.6) is 0 Å². The maximum atomic E-state index is 13.1. The molecule has 0 N–H and O–H groups in total. The van der Waals surface area contributed by atoms with Gasteiger partial charge in [-0.15, -0.1) is 0 Å². The minimum atomic E-state index is -3.15. The molecule has 150 valence electrons. The van der Waals surface area contributed by atoms with Crippen LogP contribution >= 0.6 is 0 Å². The average Bonchev–Trinajstić information content (AvgIpc) is 3.35. The van der Waals surface area contributed by atoms with Gasteiger partial charge in [-0.25, -0.2) is 22.2 Å². The second-order valence-corrected chi connectivity index (χ2v) is 10.7. The summed E-state index contributed by atoms with van der Waals surface area (Å²) in [7, 11) is -1.41. The van der Waals surface area contributed by atoms with E-state index in [2.05, 4.69) is 10.1 Å². The Labute approximate surface area is 164 Å². The van der Waals surface area contributed by atoms with Gasteiger partial charge in [-0.2, -0.15) is 5.10 Å². The highest BCUT2D eigenvalue weighted by molar-refractivity contribution is 7.90. The molecule has 2 saturated carbocycles. The van der Waals surface area contributed by atoms with Gasteiger partial charge in [0.1, 0.15) is 0 Å². The van der Waals surface area contributed by atoms with Gasteiger partial charge < -0.3 is 4.90 Å². The Kier molecular flexibility index (Phi) is 4.20. The van der Waals surface area contributed by atoms with Gasteiger partial charge in [-0.3, -0.25) is 4.79 Å². The minimum absolute atomic E-state index is 0.0490. The summed E-state index contributed by atoms with van der Waals surface area (Å²) in [5.74, 6) is 0.796. The van der Waals surface area contributed by atoms with Crippen LogP contribution in [0.25, 0.3) is 5.65 Å². The molecule has 0 spiro atoms. The predicted molar refractivity (Wildman–Crippen MR) is 103 cm³/mol. The second kappa shape index (κ2) is 6.52. The van der Waals surface area contributed by atoms with Gasteiger partial charge in [-0.05, 0) is 56.1 Å². The summed E-state index contributed by atoms with van der Waals surface area (Å²) in [5, 5.41) is 4.08. The molecule has 1 aliphatic heterocycles. The number of hydrogen-bond donors (Lipinski definition) is 0. The first kappa shape index (κ1) is 18.1. The van der Waals surface area contributed by atoms with E-state index in [1.165, 1.54) is 0 Å². The van der Waals surface area contributed by atoms with Crippen LogP contribution in [0.15, 0.2) is 24.5 Å². The number of carbonyl (C=O) groups is 1. The van der Waals surface area contributed by atoms with Crippen molar-refractivity contribution in [3.8, 4) is 0 Å². The van der Waals surface area contributed by atoms with E-state index in [4.69, 9.17) is 0 Å². The summed E-state index contributed by atoms with van der Waals surface area (Å²) in [4.78, 5) is 19.2. The molecule has 3 atom stereocenters. The normalized spacial score (nSPS) is 28.1. The number of piperidine rings is 1. The average molecular weight is 404 g/mol. The molecule has 0 radical (unpaired) electrons. The number of aromatic nitrogens is 3. The topological polar surface area (TPSA) is 87.9 Å². The fourth-order valence-electron chi connectivity index (χ4n) is 4.88. The third kappa shape index (κ3) is 2.91. The summed E-state index contributed by atoms with van der Waals surface area (Å²) in [5.41, 5.74) is 1.14. The lowest BCUT2D eigenvalue weighted by Gasteiger charge is -2.34. The number of sulfonamides is 1. The second-order valence-electron chi connectivity index (χ2n) is 8.38. The molecule has 8 nitrogen and oxygen atoms in total. The number of carbonyl (C=O) groups excluding carboxylic acids is 1. The number of hydrogen-bond acceptors (Lipinski definition) is 5. The van der Waals surface area contributed by atoms with E-state index in [0.29, 0.717) is 36.3 Å². The molecule has 2 aromatic heterocycles. The zero-order chi connectivity index (χ0) is 19.5. The van der Waals surface area contributed by atoms with Gasteiger partial charge >= 0.3 is 0 Å². The van der Waals surface area contributed by atoms with E-state index >= 15 is 0 Å². The number of amides is 1. The fraction of sp³-hybridized carbons (Fsp3) is 0.632. The smallest absolute Gasteiger partial charge is 0.274 e. The molecule has 5 rings (SSSR count). The highest BCUT2D eigenvalue weighted by atomic mass is 32.2. The maximum absolute atomic E-state index is 13.1. The van der Waals surface area contributed by atoms with Crippen LogP contribution in [0.3, 0.4) is 0 Å². The lowest BCUT2D eigenvalue weighted by atomic mass is 9.88. The van der Waals surface area contributed by atoms with Crippen molar-refractivity contribution in [3.05, 3.63) is 30.2 Å². The van der Waals surface area contributed by atoms with Crippen molar-refractivity contribution in [1.82, 2.24) is 23.8 Å². The molecule has 2 aromatic rings. The Hall–Kier alpha value is -2.00. The Morgan fingerprint density at radius 3 is 2.79 bits per heavy atom. The van der Waals surface area contributed by atoms with E-state index < -0.39 is 10.0 Å². The van der Waals surface area contributed by atoms with Crippen LogP contribution in [0, 0.1) is 11.8 Å². The van der Waals surface area contributed by atoms with Crippen molar-refractivity contribution < 1.29 is 13.2 Å². The predicted octanol–water partition coefficient (Wildman–Crippen LogP) is 1.39. The van der Waals surface area contributed by atoms with Gasteiger partial charge in [-0.1, -0.05) is 0 Å². The largest absolute Gasteiger partial charge is 0.337 e. The van der Waals surface area contributed by atoms with Gasteiger partial charge in [0.05, 0.1) is 11.4 Å². The number of nitrogens with zero attached hydrogens (tertiary/aromatic N) is 5. The molecule has 3 aliphatic rings. The van der Waals surface area contributed by atoms with Crippen molar-refractivity contribution in [1.29, 1.82) is 0 Å². The van der Waals surface area contributed by atoms with Crippen LogP contribution in [-0.4, -0.2) is 69.6 Å². The highest BCUT2D eigenvalue weighted by Gasteiger charge is 2.46. The van der Waals surface area contributed by atoms with E-state index in [9.17, 15) is 13.2 Å². The van der Waals surface area contributed by atoms with Crippen molar-refractivity contribution >= 4 is 21.6 Å². The Morgan fingerprint density at radius 2 is 2.00 bits per heavy atom. The molecule has 3 heterocycles. The number of imidazole rings is 1. The van der Waals surface area contributed by atoms with Crippen LogP contribution in [0.2, 0.25) is 0 Å². The van der Waals surface area contributed by atoms with Crippen molar-refractivity contribution in [2.75, 3.05) is 20.1 Å². The lowest BCUT2D eigenvalue weighted by Crippen LogP contribution is -2.42. The van der Waals surface area contributed by atoms with Crippen molar-refractivity contribution in [2.24, 2.45) is 11.8 Å². The van der Waals surface area contributed by atoms with Crippen LogP contribution in [0.4, 0.5) is 0 Å². The monoisotopic (exact) mass is 403 g/mol. The SMILES string of the molecule is CN([C@H]1C[C@H]2CCN(C(=O)c3cnc4cccnn34)C[C@H]2C1)S(=O)(=O)C1CC1. The van der Waals surface area contributed by atoms with Gasteiger partial charge in [0.25, 0.3) is 5.91 Å². The molecule has 9 heteroatoms. The summed E-state index contributed by atoms with van der Waals surface area (Å²) in [6.45, 7) is 1.38. The Morgan fingerprint density at radius 1 is 1.21 bits per heavy atom. The summed E-state index contributed by atoms with van der Waals surface area (Å²) in [6, 6.07) is 3.69. The fourth-order valence-corrected chi connectivity index (χ4v) is 6.67. The van der Waals surface area contributed by atoms with E-state index in [-0.39, 0.29) is 17.2 Å². The van der Waals surface area contributed by atoms with Crippen LogP contribution in [0.1, 0.15) is 42.6 Å². The summed E-state index contributed by atoms with van der Waals surface area (Å²) < 4.78 is 28.4. The number of rotatable bonds is 4. The quantitative estimate of drug-likeness (QED) is 0.770. The van der Waals surface area contributed by atoms with Crippen LogP contribution < -0.4 is 0 Å². The first-order valence-electron chi connectivity index (χ1n) is 10.00. The first-order valence-corrected chi connectivity index (χ1v) is 11.5. The van der Waals surface area contributed by atoms with Gasteiger partial charge in [0.15, 0.2) is 11.3 Å². The Bertz CT molecular complexity index is 1020. The van der Waals surface area contributed by atoms with E-state index in [1.54, 1.807) is 34.3 Å². The maximum Gasteiger partial charge on any atom is 0.274 e. The lowest BCUT2D eigenvalue weighted by molar-refractivity contribution is 0.0618. The Balaban J connectivity index is 1.29. The first-order chi connectivity index (χ1) is 13.4. The molecule has 1 saturated heterocycles. The molecular formula is C19H25N5O3S. The number of likely N-dealkylation sites (tertiary alicyclic amines) is 1. The number of fused-ring (bicyclic) bond motifs is 2. The minimum Gasteiger partial charge on any atom is -0.337 e. The van der Waals surface area contributed by atoms with E-state index in [1.807, 2.05) is 11.0 Å². The zero-order valence-electron chi connectivity index (χ0n) is 15.9. The summed E-state index contributed by atoms with van der Waals surface area (Å²) >= 11 is 0. The molecule has 28 heavy (non-hydrogen) atoms. The standard InChI is InChI=1S/C19H25N5O3S/c1-22(28(26,27)16-4-5-16)15-9-13-6-8-23(12-14(13)10-15)19(25)17-11-20-18-3-2-7-21-24(17)18/h2-3,7,11,13-16H,4-6,8-10,12H2,1H3/t13-,14-,15+/m1/s1. The van der Waals surface area contributed by atoms with E-state index in [0.717, 1.165) is 32.1 Å². The summed E-state index contributed by atoms with van der Waals surface area (Å²) in [6.07, 6.45) is 7.49. The van der Waals surface area contributed by atoms with Crippen molar-refractivity contribution in [2.45, 2.75) is 43.4 Å². The molecule has 2 aliphatic carbocycles. The molecule has 1 amide bonds. The molecule has 0 aromatic carbocycles. The molecule has 3 fully saturated rings. The van der Waals surface area contributed by atoms with Gasteiger partial charge in [0, 0.05) is 32.4 Å². The third-order valence-corrected chi connectivity index (χ3v) is 9.10. The zero-order valence-corrected chi connectivity index (χ0v) is 16.8. The third-order valence-electron chi connectivity index (χ3n) is 6.69. The molecule has 0 unspecified atom stereocenters. The van der Waals surface area contributed by atoms with Crippen LogP contribution in [-0.2, 0) is 10.0 Å². The van der Waals surface area contributed by atoms with Gasteiger partial charge in [0.2, 0.25) is 10.0 Å². The van der Waals surface area contributed by atoms with Crippen molar-refractivity contribution in [3.63, 3.8) is 0 Å². The highest BCUT2D eigenvalue weighted by Crippen LogP contribution is 2.42. The molecule has 0 bridgehead atoms. The molecular weight excluding hydrogens is 378 g/mol.